The van der Waals surface area contributed by atoms with Crippen LogP contribution in [0.2, 0.25) is 0 Å². The normalized spacial score (nSPS) is 14.7. The van der Waals surface area contributed by atoms with Gasteiger partial charge in [0.25, 0.3) is 0 Å². The van der Waals surface area contributed by atoms with E-state index >= 15 is 0 Å². The van der Waals surface area contributed by atoms with Gasteiger partial charge in [-0.2, -0.15) is 13.2 Å². The number of Topliss-reactive ketones (excluding diaryl/α,β-unsaturated/α-hetero) is 1. The Balaban J connectivity index is 1.46. The Morgan fingerprint density at radius 1 is 0.969 bits per heavy atom. The standard InChI is InChI=1S/C22H20F3NO6/c23-22(24,25)17-8-6-16(7-9-17)18(27)12-31-19(28)10-21(13-30-14-21)26-20(29)32-11-15-4-2-1-3-5-15/h1-9H,10-14H2,(H,26,29). The summed E-state index contributed by atoms with van der Waals surface area (Å²) in [6, 6.07) is 12.6. The number of carbonyl (C=O) groups is 3. The number of hydrogen-bond acceptors (Lipinski definition) is 6. The Morgan fingerprint density at radius 3 is 2.19 bits per heavy atom. The van der Waals surface area contributed by atoms with E-state index in [1.807, 2.05) is 6.07 Å². The van der Waals surface area contributed by atoms with Crippen LogP contribution in [0.3, 0.4) is 0 Å². The first-order valence-corrected chi connectivity index (χ1v) is 9.60. The lowest BCUT2D eigenvalue weighted by Crippen LogP contribution is -2.63. The summed E-state index contributed by atoms with van der Waals surface area (Å²) in [6.45, 7) is -0.458. The number of halogens is 3. The van der Waals surface area contributed by atoms with Gasteiger partial charge in [0.15, 0.2) is 12.4 Å². The molecule has 32 heavy (non-hydrogen) atoms. The molecule has 1 saturated heterocycles. The van der Waals surface area contributed by atoms with Gasteiger partial charge in [0.2, 0.25) is 0 Å². The lowest BCUT2D eigenvalue weighted by Gasteiger charge is -2.40. The van der Waals surface area contributed by atoms with Crippen molar-refractivity contribution in [1.82, 2.24) is 5.32 Å². The summed E-state index contributed by atoms with van der Waals surface area (Å²) in [7, 11) is 0. The molecule has 0 unspecified atom stereocenters. The second-order valence-electron chi connectivity index (χ2n) is 7.30. The number of alkyl carbamates (subject to hydrolysis) is 1. The Hall–Kier alpha value is -3.40. The van der Waals surface area contributed by atoms with Crippen molar-refractivity contribution in [2.45, 2.75) is 24.7 Å². The topological polar surface area (TPSA) is 90.9 Å². The van der Waals surface area contributed by atoms with E-state index < -0.39 is 41.7 Å². The molecule has 2 aromatic carbocycles. The highest BCUT2D eigenvalue weighted by Gasteiger charge is 2.43. The Labute approximate surface area is 181 Å². The number of esters is 1. The van der Waals surface area contributed by atoms with Crippen LogP contribution in [0.1, 0.15) is 27.9 Å². The van der Waals surface area contributed by atoms with Gasteiger partial charge in [0, 0.05) is 5.56 Å². The van der Waals surface area contributed by atoms with Gasteiger partial charge in [0.1, 0.15) is 12.1 Å². The van der Waals surface area contributed by atoms with Gasteiger partial charge in [-0.25, -0.2) is 4.79 Å². The third kappa shape index (κ3) is 6.30. The molecule has 1 heterocycles. The predicted molar refractivity (Wildman–Crippen MR) is 105 cm³/mol. The quantitative estimate of drug-likeness (QED) is 0.488. The third-order valence-electron chi connectivity index (χ3n) is 4.72. The maximum Gasteiger partial charge on any atom is 0.416 e. The fraction of sp³-hybridized carbons (Fsp3) is 0.318. The molecule has 1 aliphatic heterocycles. The Bertz CT molecular complexity index is 956. The van der Waals surface area contributed by atoms with Crippen molar-refractivity contribution in [3.63, 3.8) is 0 Å². The van der Waals surface area contributed by atoms with Gasteiger partial charge < -0.3 is 19.5 Å². The molecule has 1 amide bonds. The fourth-order valence-electron chi connectivity index (χ4n) is 2.94. The summed E-state index contributed by atoms with van der Waals surface area (Å²) < 4.78 is 53.0. The summed E-state index contributed by atoms with van der Waals surface area (Å²) in [6.07, 6.45) is -5.50. The lowest BCUT2D eigenvalue weighted by molar-refractivity contribution is -0.151. The summed E-state index contributed by atoms with van der Waals surface area (Å²) in [5, 5.41) is 2.59. The zero-order valence-corrected chi connectivity index (χ0v) is 16.8. The second kappa shape index (κ2) is 9.82. The van der Waals surface area contributed by atoms with Gasteiger partial charge in [-0.05, 0) is 17.7 Å². The van der Waals surface area contributed by atoms with Crippen molar-refractivity contribution >= 4 is 17.8 Å². The number of hydrogen-bond donors (Lipinski definition) is 1. The van der Waals surface area contributed by atoms with Gasteiger partial charge in [-0.15, -0.1) is 0 Å². The molecule has 1 aliphatic rings. The molecule has 1 N–H and O–H groups in total. The molecule has 7 nitrogen and oxygen atoms in total. The van der Waals surface area contributed by atoms with Crippen molar-refractivity contribution in [3.05, 3.63) is 71.3 Å². The molecule has 1 fully saturated rings. The number of ether oxygens (including phenoxy) is 3. The highest BCUT2D eigenvalue weighted by Crippen LogP contribution is 2.29. The fourth-order valence-corrected chi connectivity index (χ4v) is 2.94. The van der Waals surface area contributed by atoms with E-state index in [9.17, 15) is 27.6 Å². The van der Waals surface area contributed by atoms with Gasteiger partial charge in [-0.1, -0.05) is 42.5 Å². The van der Waals surface area contributed by atoms with E-state index in [0.717, 1.165) is 29.8 Å². The molecule has 0 radical (unpaired) electrons. The van der Waals surface area contributed by atoms with Crippen LogP contribution < -0.4 is 5.32 Å². The second-order valence-corrected chi connectivity index (χ2v) is 7.30. The van der Waals surface area contributed by atoms with Crippen molar-refractivity contribution < 1.29 is 41.8 Å². The average Bonchev–Trinajstić information content (AvgIpc) is 2.74. The number of benzene rings is 2. The van der Waals surface area contributed by atoms with E-state index in [1.54, 1.807) is 24.3 Å². The minimum Gasteiger partial charge on any atom is -0.457 e. The van der Waals surface area contributed by atoms with Crippen LogP contribution in [0.15, 0.2) is 54.6 Å². The molecule has 0 aliphatic carbocycles. The molecular formula is C22H20F3NO6. The number of amides is 1. The van der Waals surface area contributed by atoms with Crippen LogP contribution in [-0.4, -0.2) is 43.2 Å². The summed E-state index contributed by atoms with van der Waals surface area (Å²) in [5.41, 5.74) is -1.12. The third-order valence-corrected chi connectivity index (χ3v) is 4.72. The first kappa shape index (κ1) is 23.3. The first-order valence-electron chi connectivity index (χ1n) is 9.60. The van der Waals surface area contributed by atoms with Crippen molar-refractivity contribution in [2.75, 3.05) is 19.8 Å². The highest BCUT2D eigenvalue weighted by atomic mass is 19.4. The molecule has 10 heteroatoms. The zero-order valence-electron chi connectivity index (χ0n) is 16.8. The first-order chi connectivity index (χ1) is 15.2. The van der Waals surface area contributed by atoms with E-state index in [0.29, 0.717) is 0 Å². The minimum absolute atomic E-state index is 0.0184. The van der Waals surface area contributed by atoms with E-state index in [-0.39, 0.29) is 31.8 Å². The van der Waals surface area contributed by atoms with Crippen molar-refractivity contribution in [2.24, 2.45) is 0 Å². The summed E-state index contributed by atoms with van der Waals surface area (Å²) in [5.74, 6) is -1.42. The lowest BCUT2D eigenvalue weighted by atomic mass is 9.93. The minimum atomic E-state index is -4.51. The van der Waals surface area contributed by atoms with Gasteiger partial charge >= 0.3 is 18.2 Å². The number of nitrogens with one attached hydrogen (secondary N) is 1. The van der Waals surface area contributed by atoms with Crippen molar-refractivity contribution in [3.8, 4) is 0 Å². The monoisotopic (exact) mass is 451 g/mol. The van der Waals surface area contributed by atoms with E-state index in [1.165, 1.54) is 0 Å². The molecule has 0 spiro atoms. The molecule has 2 aromatic rings. The van der Waals surface area contributed by atoms with E-state index in [2.05, 4.69) is 5.32 Å². The zero-order chi connectivity index (χ0) is 23.2. The van der Waals surface area contributed by atoms with Crippen molar-refractivity contribution in [1.29, 1.82) is 0 Å². The van der Waals surface area contributed by atoms with Crippen LogP contribution in [0.4, 0.5) is 18.0 Å². The highest BCUT2D eigenvalue weighted by molar-refractivity contribution is 5.98. The molecule has 0 aromatic heterocycles. The molecule has 0 saturated carbocycles. The maximum absolute atomic E-state index is 12.6. The average molecular weight is 451 g/mol. The van der Waals surface area contributed by atoms with Crippen LogP contribution in [0.5, 0.6) is 0 Å². The predicted octanol–water partition coefficient (Wildman–Crippen LogP) is 3.52. The van der Waals surface area contributed by atoms with Crippen LogP contribution in [0.25, 0.3) is 0 Å². The van der Waals surface area contributed by atoms with Gasteiger partial charge in [0.05, 0.1) is 25.2 Å². The number of alkyl halides is 3. The van der Waals surface area contributed by atoms with Crippen LogP contribution in [-0.2, 0) is 31.8 Å². The Kier molecular flexibility index (Phi) is 7.14. The number of rotatable bonds is 8. The SMILES string of the molecule is O=C(CC1(NC(=O)OCc2ccccc2)COC1)OCC(=O)c1ccc(C(F)(F)F)cc1. The molecule has 0 bridgehead atoms. The summed E-state index contributed by atoms with van der Waals surface area (Å²) >= 11 is 0. The molecule has 0 atom stereocenters. The molecule has 170 valence electrons. The van der Waals surface area contributed by atoms with Gasteiger partial charge in [-0.3, -0.25) is 9.59 Å². The maximum atomic E-state index is 12.6. The van der Waals surface area contributed by atoms with Crippen LogP contribution in [0, 0.1) is 0 Å². The van der Waals surface area contributed by atoms with Crippen LogP contribution >= 0.6 is 0 Å². The largest absolute Gasteiger partial charge is 0.457 e. The molecule has 3 rings (SSSR count). The smallest absolute Gasteiger partial charge is 0.416 e. The van der Waals surface area contributed by atoms with E-state index in [4.69, 9.17) is 14.2 Å². The molecular weight excluding hydrogens is 431 g/mol. The number of carbonyl (C=O) groups excluding carboxylic acids is 3. The summed E-state index contributed by atoms with van der Waals surface area (Å²) in [4.78, 5) is 36.3. The Morgan fingerprint density at radius 2 is 1.62 bits per heavy atom. The number of ketones is 1.